The van der Waals surface area contributed by atoms with E-state index in [9.17, 15) is 26.3 Å². The van der Waals surface area contributed by atoms with E-state index >= 15 is 0 Å². The Morgan fingerprint density at radius 1 is 0.784 bits per heavy atom. The summed E-state index contributed by atoms with van der Waals surface area (Å²) >= 11 is 0. The normalized spacial score (nSPS) is 19.2. The fourth-order valence-electron chi connectivity index (χ4n) is 7.03. The predicted molar refractivity (Wildman–Crippen MR) is 186 cm³/mol. The molecule has 51 heavy (non-hydrogen) atoms. The van der Waals surface area contributed by atoms with Gasteiger partial charge in [-0.25, -0.2) is 15.0 Å². The van der Waals surface area contributed by atoms with Gasteiger partial charge in [0.05, 0.1) is 42.4 Å². The van der Waals surface area contributed by atoms with Gasteiger partial charge in [-0.2, -0.15) is 26.3 Å². The molecule has 2 saturated carbocycles. The molecule has 1 unspecified atom stereocenters. The topological polar surface area (TPSA) is 57.6 Å². The minimum atomic E-state index is -4.95. The van der Waals surface area contributed by atoms with Crippen molar-refractivity contribution in [2.45, 2.75) is 97.1 Å². The Bertz CT molecular complexity index is 1570. The number of anilines is 3. The first kappa shape index (κ1) is 37.2. The summed E-state index contributed by atoms with van der Waals surface area (Å²) in [6.07, 6.45) is 1.06. The molecule has 0 amide bonds. The molecule has 2 aromatic heterocycles. The van der Waals surface area contributed by atoms with Crippen molar-refractivity contribution in [3.8, 4) is 0 Å². The van der Waals surface area contributed by atoms with E-state index in [0.29, 0.717) is 44.1 Å². The maximum absolute atomic E-state index is 13.9. The lowest BCUT2D eigenvalue weighted by Crippen LogP contribution is -2.36. The summed E-state index contributed by atoms with van der Waals surface area (Å²) in [7, 11) is 0. The number of nitrogens with zero attached hydrogens (tertiary/aromatic N) is 6. The third-order valence-electron chi connectivity index (χ3n) is 10.1. The summed E-state index contributed by atoms with van der Waals surface area (Å²) in [5.74, 6) is 2.58. The summed E-state index contributed by atoms with van der Waals surface area (Å²) in [5.41, 5.74) is 1.09. The second-order valence-electron chi connectivity index (χ2n) is 14.2. The van der Waals surface area contributed by atoms with Crippen LogP contribution >= 0.6 is 0 Å². The Morgan fingerprint density at radius 2 is 1.37 bits per heavy atom. The molecule has 1 aliphatic heterocycles. The molecular formula is C38H48F6N6O. The van der Waals surface area contributed by atoms with Crippen molar-refractivity contribution in [3.05, 3.63) is 70.2 Å². The lowest BCUT2D eigenvalue weighted by molar-refractivity contribution is -0.143. The van der Waals surface area contributed by atoms with E-state index in [1.807, 2.05) is 13.8 Å². The minimum Gasteiger partial charge on any atom is -0.378 e. The molecule has 0 bridgehead atoms. The number of ether oxygens (including phenoxy) is 1. The summed E-state index contributed by atoms with van der Waals surface area (Å²) in [6, 6.07) is 3.93. The van der Waals surface area contributed by atoms with E-state index in [-0.39, 0.29) is 30.7 Å². The third kappa shape index (κ3) is 9.44. The molecule has 278 valence electrons. The number of halogens is 6. The molecule has 1 atom stereocenters. The van der Waals surface area contributed by atoms with Gasteiger partial charge in [0, 0.05) is 50.5 Å². The number of hydrogen-bond acceptors (Lipinski definition) is 7. The molecule has 3 aliphatic carbocycles. The van der Waals surface area contributed by atoms with Crippen LogP contribution in [0.25, 0.3) is 0 Å². The Labute approximate surface area is 296 Å². The maximum Gasteiger partial charge on any atom is 0.416 e. The molecule has 13 heteroatoms. The van der Waals surface area contributed by atoms with Gasteiger partial charge in [-0.3, -0.25) is 0 Å². The summed E-state index contributed by atoms with van der Waals surface area (Å²) < 4.78 is 88.8. The summed E-state index contributed by atoms with van der Waals surface area (Å²) in [5, 5.41) is 0. The average molecular weight is 719 g/mol. The lowest BCUT2D eigenvalue weighted by Gasteiger charge is -2.32. The van der Waals surface area contributed by atoms with Gasteiger partial charge in [-0.05, 0) is 98.1 Å². The van der Waals surface area contributed by atoms with E-state index in [1.54, 1.807) is 17.3 Å². The number of fused-ring (bicyclic) bond motifs is 1. The molecule has 0 N–H and O–H groups in total. The van der Waals surface area contributed by atoms with Gasteiger partial charge in [-0.1, -0.05) is 20.8 Å². The number of aromatic nitrogens is 3. The van der Waals surface area contributed by atoms with E-state index < -0.39 is 23.5 Å². The van der Waals surface area contributed by atoms with Crippen LogP contribution in [0.3, 0.4) is 0 Å². The zero-order chi connectivity index (χ0) is 36.3. The van der Waals surface area contributed by atoms with Crippen LogP contribution in [0.2, 0.25) is 0 Å². The largest absolute Gasteiger partial charge is 0.416 e. The van der Waals surface area contributed by atoms with Crippen LogP contribution in [0.5, 0.6) is 0 Å². The number of alkyl halides is 6. The number of hydrogen-bond donors (Lipinski definition) is 0. The van der Waals surface area contributed by atoms with Crippen molar-refractivity contribution in [2.75, 3.05) is 54.1 Å². The first-order valence-corrected chi connectivity index (χ1v) is 18.4. The lowest BCUT2D eigenvalue weighted by atomic mass is 9.87. The van der Waals surface area contributed by atoms with Crippen molar-refractivity contribution >= 4 is 17.5 Å². The highest BCUT2D eigenvalue weighted by atomic mass is 19.4. The second-order valence-corrected chi connectivity index (χ2v) is 14.2. The number of morpholine rings is 1. The predicted octanol–water partition coefficient (Wildman–Crippen LogP) is 9.05. The molecular weight excluding hydrogens is 670 g/mol. The van der Waals surface area contributed by atoms with Crippen LogP contribution in [0, 0.1) is 11.8 Å². The molecule has 7 rings (SSSR count). The van der Waals surface area contributed by atoms with Crippen LogP contribution in [-0.4, -0.2) is 54.3 Å². The van der Waals surface area contributed by atoms with Crippen LogP contribution in [0.15, 0.2) is 36.7 Å². The summed E-state index contributed by atoms with van der Waals surface area (Å²) in [6.45, 7) is 10.3. The molecule has 0 spiro atoms. The molecule has 0 radical (unpaired) electrons. The smallest absolute Gasteiger partial charge is 0.378 e. The quantitative estimate of drug-likeness (QED) is 0.184. The van der Waals surface area contributed by atoms with E-state index in [4.69, 9.17) is 9.72 Å². The number of benzene rings is 1. The second kappa shape index (κ2) is 15.6. The van der Waals surface area contributed by atoms with E-state index in [2.05, 4.69) is 32.8 Å². The molecule has 1 aromatic carbocycles. The maximum atomic E-state index is 13.9. The first-order valence-electron chi connectivity index (χ1n) is 18.4. The Morgan fingerprint density at radius 3 is 1.92 bits per heavy atom. The van der Waals surface area contributed by atoms with Gasteiger partial charge in [0.25, 0.3) is 0 Å². The van der Waals surface area contributed by atoms with E-state index in [1.165, 1.54) is 25.7 Å². The van der Waals surface area contributed by atoms with Gasteiger partial charge in [-0.15, -0.1) is 0 Å². The standard InChI is InChI=1S/C36H42F6N6O.C2H6/c1-23-3-2-4-27-15-28(33(45-32(23)27)47(19-24-5-6-24)20-25-7-8-25)22-48(34-43-17-31(18-44-34)46-9-11-49-12-10-46)21-26-13-29(35(37,38)39)16-30(14-26)36(40,41)42;1-2/h13-18,23-25H,2-12,19-22H2,1H3;1-2H3. The molecule has 3 fully saturated rings. The molecule has 3 aromatic rings. The van der Waals surface area contributed by atoms with Crippen molar-refractivity contribution < 1.29 is 31.1 Å². The SMILES string of the molecule is CC.CC1CCCc2cc(CN(Cc3cc(C(F)(F)F)cc(C(F)(F)F)c3)c3ncc(N4CCOCC4)cn3)c(N(CC3CC3)CC3CC3)nc21. The van der Waals surface area contributed by atoms with E-state index in [0.717, 1.165) is 72.8 Å². The summed E-state index contributed by atoms with van der Waals surface area (Å²) in [4.78, 5) is 20.7. The highest BCUT2D eigenvalue weighted by Crippen LogP contribution is 2.40. The number of rotatable bonds is 11. The van der Waals surface area contributed by atoms with Crippen molar-refractivity contribution in [2.24, 2.45) is 11.8 Å². The molecule has 7 nitrogen and oxygen atoms in total. The highest BCUT2D eigenvalue weighted by Gasteiger charge is 2.38. The van der Waals surface area contributed by atoms with Gasteiger partial charge in [0.1, 0.15) is 5.82 Å². The van der Waals surface area contributed by atoms with Crippen molar-refractivity contribution in [1.82, 2.24) is 15.0 Å². The van der Waals surface area contributed by atoms with Crippen molar-refractivity contribution in [1.29, 1.82) is 0 Å². The molecule has 3 heterocycles. The van der Waals surface area contributed by atoms with Gasteiger partial charge < -0.3 is 19.4 Å². The van der Waals surface area contributed by atoms with Gasteiger partial charge in [0.15, 0.2) is 0 Å². The first-order chi connectivity index (χ1) is 24.4. The fourth-order valence-corrected chi connectivity index (χ4v) is 7.03. The van der Waals surface area contributed by atoms with Gasteiger partial charge >= 0.3 is 12.4 Å². The highest BCUT2D eigenvalue weighted by molar-refractivity contribution is 5.54. The van der Waals surface area contributed by atoms with Crippen molar-refractivity contribution in [3.63, 3.8) is 0 Å². The Kier molecular flexibility index (Phi) is 11.3. The van der Waals surface area contributed by atoms with Crippen LogP contribution in [-0.2, 0) is 36.6 Å². The molecule has 1 saturated heterocycles. The fraction of sp³-hybridized carbons (Fsp3) is 0.605. The number of pyridine rings is 1. The third-order valence-corrected chi connectivity index (χ3v) is 10.1. The monoisotopic (exact) mass is 718 g/mol. The molecule has 4 aliphatic rings. The van der Waals surface area contributed by atoms with Crippen LogP contribution in [0.1, 0.15) is 98.7 Å². The van der Waals surface area contributed by atoms with Crippen LogP contribution in [0.4, 0.5) is 43.8 Å². The zero-order valence-corrected chi connectivity index (χ0v) is 29.7. The Balaban J connectivity index is 0.00000220. The average Bonchev–Trinajstić information content (AvgIpc) is 4.06. The van der Waals surface area contributed by atoms with Crippen LogP contribution < -0.4 is 14.7 Å². The number of aryl methyl sites for hydroxylation is 1. The van der Waals surface area contributed by atoms with Gasteiger partial charge in [0.2, 0.25) is 5.95 Å². The Hall–Kier alpha value is -3.61. The zero-order valence-electron chi connectivity index (χ0n) is 29.7. The minimum absolute atomic E-state index is 0.128.